The largest absolute Gasteiger partial charge is 0.479 e. The van der Waals surface area contributed by atoms with Crippen molar-refractivity contribution >= 4 is 16.9 Å². The zero-order chi connectivity index (χ0) is 16.2. The van der Waals surface area contributed by atoms with Crippen molar-refractivity contribution in [3.8, 4) is 17.4 Å². The fraction of sp³-hybridized carbons (Fsp3) is 0.118. The minimum atomic E-state index is -1.01. The minimum absolute atomic E-state index is 0.463. The zero-order valence-corrected chi connectivity index (χ0v) is 12.3. The van der Waals surface area contributed by atoms with Crippen LogP contribution in [0.5, 0.6) is 17.4 Å². The molecule has 0 aliphatic rings. The van der Waals surface area contributed by atoms with Gasteiger partial charge in [-0.2, -0.15) is 0 Å². The highest BCUT2D eigenvalue weighted by atomic mass is 16.5. The Bertz CT molecular complexity index is 833. The Morgan fingerprint density at radius 3 is 2.57 bits per heavy atom. The molecule has 0 radical (unpaired) electrons. The molecule has 1 aromatic carbocycles. The molecule has 0 saturated carbocycles. The lowest BCUT2D eigenvalue weighted by molar-refractivity contribution is -0.144. The molecule has 0 bridgehead atoms. The van der Waals surface area contributed by atoms with E-state index in [0.717, 1.165) is 10.9 Å². The Labute approximate surface area is 132 Å². The fourth-order valence-corrected chi connectivity index (χ4v) is 1.96. The van der Waals surface area contributed by atoms with Crippen molar-refractivity contribution in [3.63, 3.8) is 0 Å². The van der Waals surface area contributed by atoms with Crippen LogP contribution in [-0.4, -0.2) is 27.1 Å². The maximum Gasteiger partial charge on any atom is 0.344 e. The Morgan fingerprint density at radius 1 is 1.09 bits per heavy atom. The van der Waals surface area contributed by atoms with E-state index in [0.29, 0.717) is 17.4 Å². The third-order valence-corrected chi connectivity index (χ3v) is 3.17. The number of carboxylic acids is 1. The molecule has 1 atom stereocenters. The number of hydrogen-bond acceptors (Lipinski definition) is 5. The van der Waals surface area contributed by atoms with Crippen LogP contribution in [0.4, 0.5) is 0 Å². The van der Waals surface area contributed by atoms with Crippen molar-refractivity contribution in [2.45, 2.75) is 13.0 Å². The van der Waals surface area contributed by atoms with Crippen LogP contribution in [0.3, 0.4) is 0 Å². The first-order valence-corrected chi connectivity index (χ1v) is 7.00. The van der Waals surface area contributed by atoms with Crippen LogP contribution < -0.4 is 9.47 Å². The number of benzene rings is 1. The number of carbonyl (C=O) groups is 1. The minimum Gasteiger partial charge on any atom is -0.479 e. The number of aliphatic carboxylic acids is 1. The highest BCUT2D eigenvalue weighted by Crippen LogP contribution is 2.24. The number of hydrogen-bond donors (Lipinski definition) is 1. The van der Waals surface area contributed by atoms with Crippen molar-refractivity contribution in [3.05, 3.63) is 54.9 Å². The van der Waals surface area contributed by atoms with Crippen LogP contribution in [0.2, 0.25) is 0 Å². The molecular formula is C17H14N2O4. The summed E-state index contributed by atoms with van der Waals surface area (Å²) < 4.78 is 11.0. The van der Waals surface area contributed by atoms with E-state index in [9.17, 15) is 4.79 Å². The topological polar surface area (TPSA) is 81.5 Å². The number of aromatic nitrogens is 2. The van der Waals surface area contributed by atoms with Crippen molar-refractivity contribution in [1.29, 1.82) is 0 Å². The predicted octanol–water partition coefficient (Wildman–Crippen LogP) is 3.27. The van der Waals surface area contributed by atoms with E-state index in [1.54, 1.807) is 42.7 Å². The van der Waals surface area contributed by atoms with Gasteiger partial charge in [0.25, 0.3) is 0 Å². The number of pyridine rings is 2. The van der Waals surface area contributed by atoms with E-state index in [1.807, 2.05) is 12.1 Å². The Balaban J connectivity index is 1.73. The predicted molar refractivity (Wildman–Crippen MR) is 83.8 cm³/mol. The van der Waals surface area contributed by atoms with Gasteiger partial charge < -0.3 is 14.6 Å². The second-order valence-electron chi connectivity index (χ2n) is 4.89. The molecule has 116 valence electrons. The summed E-state index contributed by atoms with van der Waals surface area (Å²) >= 11 is 0. The van der Waals surface area contributed by atoms with Crippen molar-refractivity contribution in [1.82, 2.24) is 9.97 Å². The van der Waals surface area contributed by atoms with Gasteiger partial charge in [-0.3, -0.25) is 4.98 Å². The number of carboxylic acid groups (broad SMARTS) is 1. The molecule has 0 saturated heterocycles. The lowest BCUT2D eigenvalue weighted by Gasteiger charge is -2.11. The first kappa shape index (κ1) is 14.8. The summed E-state index contributed by atoms with van der Waals surface area (Å²) in [6.07, 6.45) is 2.51. The molecule has 3 rings (SSSR count). The second kappa shape index (κ2) is 6.31. The lowest BCUT2D eigenvalue weighted by Crippen LogP contribution is -2.22. The third-order valence-electron chi connectivity index (χ3n) is 3.17. The van der Waals surface area contributed by atoms with Gasteiger partial charge in [-0.15, -0.1) is 0 Å². The zero-order valence-electron chi connectivity index (χ0n) is 12.3. The smallest absolute Gasteiger partial charge is 0.344 e. The van der Waals surface area contributed by atoms with Gasteiger partial charge in [0.1, 0.15) is 11.5 Å². The molecule has 6 heteroatoms. The Hall–Kier alpha value is -3.15. The van der Waals surface area contributed by atoms with Gasteiger partial charge in [-0.1, -0.05) is 0 Å². The maximum atomic E-state index is 10.8. The van der Waals surface area contributed by atoms with Gasteiger partial charge in [0, 0.05) is 23.8 Å². The van der Waals surface area contributed by atoms with E-state index < -0.39 is 12.1 Å². The van der Waals surface area contributed by atoms with Crippen LogP contribution in [0.15, 0.2) is 54.9 Å². The van der Waals surface area contributed by atoms with Gasteiger partial charge in [0.05, 0.1) is 5.52 Å². The van der Waals surface area contributed by atoms with Crippen LogP contribution in [0, 0.1) is 0 Å². The van der Waals surface area contributed by atoms with Gasteiger partial charge >= 0.3 is 5.97 Å². The summed E-state index contributed by atoms with van der Waals surface area (Å²) in [4.78, 5) is 19.2. The summed E-state index contributed by atoms with van der Waals surface area (Å²) in [6.45, 7) is 1.47. The molecule has 0 aliphatic carbocycles. The van der Waals surface area contributed by atoms with E-state index >= 15 is 0 Å². The summed E-state index contributed by atoms with van der Waals surface area (Å²) in [5.41, 5.74) is 0.799. The molecule has 2 heterocycles. The average molecular weight is 310 g/mol. The summed E-state index contributed by atoms with van der Waals surface area (Å²) in [5.74, 6) is 0.502. The van der Waals surface area contributed by atoms with Gasteiger partial charge in [-0.25, -0.2) is 9.78 Å². The van der Waals surface area contributed by atoms with Crippen LogP contribution in [0.1, 0.15) is 6.92 Å². The van der Waals surface area contributed by atoms with E-state index in [1.165, 1.54) is 6.92 Å². The average Bonchev–Trinajstić information content (AvgIpc) is 2.56. The highest BCUT2D eigenvalue weighted by Gasteiger charge is 2.12. The quantitative estimate of drug-likeness (QED) is 0.779. The van der Waals surface area contributed by atoms with Gasteiger partial charge in [0.2, 0.25) is 5.88 Å². The molecule has 0 spiro atoms. The standard InChI is InChI=1S/C17H14N2O4/c1-11(17(20)21)22-13-3-5-14(6-4-13)23-16-7-2-12-10-18-9-8-15(12)19-16/h2-11H,1H3,(H,20,21). The van der Waals surface area contributed by atoms with Crippen molar-refractivity contribution < 1.29 is 19.4 Å². The van der Waals surface area contributed by atoms with Crippen LogP contribution in [0.25, 0.3) is 10.9 Å². The molecule has 3 aromatic rings. The molecule has 0 amide bonds. The summed E-state index contributed by atoms with van der Waals surface area (Å²) in [5, 5.41) is 9.75. The van der Waals surface area contributed by atoms with Crippen molar-refractivity contribution in [2.75, 3.05) is 0 Å². The van der Waals surface area contributed by atoms with Crippen molar-refractivity contribution in [2.24, 2.45) is 0 Å². The maximum absolute atomic E-state index is 10.8. The molecular weight excluding hydrogens is 296 g/mol. The molecule has 1 unspecified atom stereocenters. The Morgan fingerprint density at radius 2 is 1.83 bits per heavy atom. The second-order valence-corrected chi connectivity index (χ2v) is 4.89. The van der Waals surface area contributed by atoms with E-state index in [2.05, 4.69) is 9.97 Å². The molecule has 1 N–H and O–H groups in total. The third kappa shape index (κ3) is 3.55. The van der Waals surface area contributed by atoms with E-state index in [4.69, 9.17) is 14.6 Å². The summed E-state index contributed by atoms with van der Waals surface area (Å²) in [7, 11) is 0. The lowest BCUT2D eigenvalue weighted by atomic mass is 10.3. The number of ether oxygens (including phenoxy) is 2. The Kier molecular flexibility index (Phi) is 4.05. The number of rotatable bonds is 5. The molecule has 0 fully saturated rings. The monoisotopic (exact) mass is 310 g/mol. The molecule has 6 nitrogen and oxygen atoms in total. The molecule has 0 aliphatic heterocycles. The van der Waals surface area contributed by atoms with Crippen LogP contribution in [-0.2, 0) is 4.79 Å². The van der Waals surface area contributed by atoms with Gasteiger partial charge in [0.15, 0.2) is 6.10 Å². The molecule has 23 heavy (non-hydrogen) atoms. The number of nitrogens with zero attached hydrogens (tertiary/aromatic N) is 2. The normalized spacial score (nSPS) is 11.9. The van der Waals surface area contributed by atoms with Crippen LogP contribution >= 0.6 is 0 Å². The van der Waals surface area contributed by atoms with Gasteiger partial charge in [-0.05, 0) is 43.3 Å². The van der Waals surface area contributed by atoms with E-state index in [-0.39, 0.29) is 0 Å². The molecule has 2 aromatic heterocycles. The highest BCUT2D eigenvalue weighted by molar-refractivity contribution is 5.77. The summed E-state index contributed by atoms with van der Waals surface area (Å²) in [6, 6.07) is 12.2. The first-order chi connectivity index (χ1) is 11.1. The fourth-order valence-electron chi connectivity index (χ4n) is 1.96. The SMILES string of the molecule is CC(Oc1ccc(Oc2ccc3cnccc3n2)cc1)C(=O)O. The first-order valence-electron chi connectivity index (χ1n) is 7.00. The number of fused-ring (bicyclic) bond motifs is 1.